The number of benzene rings is 1. The van der Waals surface area contributed by atoms with Gasteiger partial charge in [0.05, 0.1) is 0 Å². The first-order chi connectivity index (χ1) is 7.16. The molecule has 1 aliphatic rings. The van der Waals surface area contributed by atoms with Crippen LogP contribution in [0.2, 0.25) is 0 Å². The van der Waals surface area contributed by atoms with Crippen LogP contribution < -0.4 is 5.32 Å². The van der Waals surface area contributed by atoms with E-state index in [9.17, 15) is 9.18 Å². The van der Waals surface area contributed by atoms with E-state index < -0.39 is 0 Å². The zero-order valence-electron chi connectivity index (χ0n) is 8.72. The maximum absolute atomic E-state index is 13.0. The molecule has 1 aromatic rings. The summed E-state index contributed by atoms with van der Waals surface area (Å²) in [7, 11) is 0. The molecule has 0 radical (unpaired) electrons. The van der Waals surface area contributed by atoms with Gasteiger partial charge in [0, 0.05) is 25.4 Å². The molecule has 0 spiro atoms. The lowest BCUT2D eigenvalue weighted by Gasteiger charge is -2.25. The van der Waals surface area contributed by atoms with Crippen LogP contribution in [0.3, 0.4) is 0 Å². The number of rotatable bonds is 3. The van der Waals surface area contributed by atoms with Crippen LogP contribution in [0.25, 0.3) is 0 Å². The van der Waals surface area contributed by atoms with Crippen molar-refractivity contribution in [1.82, 2.24) is 5.32 Å². The normalized spacial score (nSPS) is 16.1. The first kappa shape index (κ1) is 10.3. The number of ketones is 1. The molecule has 3 heteroatoms. The lowest BCUT2D eigenvalue weighted by Crippen LogP contribution is -2.47. The smallest absolute Gasteiger partial charge is 0.142 e. The van der Waals surface area contributed by atoms with Gasteiger partial charge >= 0.3 is 0 Å². The molecule has 1 fully saturated rings. The summed E-state index contributed by atoms with van der Waals surface area (Å²) in [6, 6.07) is 4.60. The number of carbonyl (C=O) groups is 1. The van der Waals surface area contributed by atoms with E-state index in [-0.39, 0.29) is 17.5 Å². The Hall–Kier alpha value is -1.22. The maximum Gasteiger partial charge on any atom is 0.142 e. The SMILES string of the molecule is Cc1ccc(F)cc1CC(=O)C1CNC1. The minimum atomic E-state index is -0.268. The first-order valence-corrected chi connectivity index (χ1v) is 5.15. The Kier molecular flexibility index (Phi) is 2.82. The standard InChI is InChI=1S/C12H14FNO/c1-8-2-3-11(13)4-9(8)5-12(15)10-6-14-7-10/h2-4,10,14H,5-7H2,1H3. The number of Topliss-reactive ketones (excluding diaryl/α,β-unsaturated/α-hetero) is 1. The Bertz CT molecular complexity index is 385. The van der Waals surface area contributed by atoms with Crippen molar-refractivity contribution in [2.75, 3.05) is 13.1 Å². The average Bonchev–Trinajstić information content (AvgIpc) is 2.08. The van der Waals surface area contributed by atoms with Crippen LogP contribution in [0.15, 0.2) is 18.2 Å². The van der Waals surface area contributed by atoms with E-state index in [1.54, 1.807) is 6.07 Å². The molecule has 80 valence electrons. The van der Waals surface area contributed by atoms with Gasteiger partial charge in [0.25, 0.3) is 0 Å². The molecule has 0 saturated carbocycles. The summed E-state index contributed by atoms with van der Waals surface area (Å²) in [4.78, 5) is 11.7. The number of halogens is 1. The quantitative estimate of drug-likeness (QED) is 0.813. The summed E-state index contributed by atoms with van der Waals surface area (Å²) in [6.45, 7) is 3.45. The van der Waals surface area contributed by atoms with Crippen molar-refractivity contribution in [3.63, 3.8) is 0 Å². The molecule has 1 N–H and O–H groups in total. The fraction of sp³-hybridized carbons (Fsp3) is 0.417. The molecule has 1 aliphatic heterocycles. The lowest BCUT2D eigenvalue weighted by molar-refractivity contribution is -0.123. The third-order valence-corrected chi connectivity index (χ3v) is 2.91. The van der Waals surface area contributed by atoms with Crippen LogP contribution in [0.1, 0.15) is 11.1 Å². The highest BCUT2D eigenvalue weighted by atomic mass is 19.1. The Labute approximate surface area is 88.5 Å². The van der Waals surface area contributed by atoms with Crippen LogP contribution in [0.4, 0.5) is 4.39 Å². The second-order valence-electron chi connectivity index (χ2n) is 4.07. The summed E-state index contributed by atoms with van der Waals surface area (Å²) < 4.78 is 13.0. The van der Waals surface area contributed by atoms with Crippen LogP contribution in [0.5, 0.6) is 0 Å². The minimum absolute atomic E-state index is 0.132. The summed E-state index contributed by atoms with van der Waals surface area (Å²) in [5.74, 6) is 0.0743. The number of carbonyl (C=O) groups excluding carboxylic acids is 1. The predicted octanol–water partition coefficient (Wildman–Crippen LogP) is 1.47. The minimum Gasteiger partial charge on any atom is -0.315 e. The number of hydrogen-bond donors (Lipinski definition) is 1. The Morgan fingerprint density at radius 3 is 2.87 bits per heavy atom. The van der Waals surface area contributed by atoms with Crippen molar-refractivity contribution in [2.45, 2.75) is 13.3 Å². The average molecular weight is 207 g/mol. The summed E-state index contributed by atoms with van der Waals surface area (Å²) in [5, 5.41) is 3.06. The molecule has 0 bridgehead atoms. The third-order valence-electron chi connectivity index (χ3n) is 2.91. The summed E-state index contributed by atoms with van der Waals surface area (Å²) in [5.41, 5.74) is 1.80. The lowest BCUT2D eigenvalue weighted by atomic mass is 9.92. The summed E-state index contributed by atoms with van der Waals surface area (Å²) >= 11 is 0. The van der Waals surface area contributed by atoms with E-state index in [4.69, 9.17) is 0 Å². The number of aryl methyl sites for hydroxylation is 1. The van der Waals surface area contributed by atoms with Gasteiger partial charge in [0.1, 0.15) is 11.6 Å². The topological polar surface area (TPSA) is 29.1 Å². The van der Waals surface area contributed by atoms with Gasteiger partial charge < -0.3 is 5.32 Å². The van der Waals surface area contributed by atoms with E-state index in [0.717, 1.165) is 24.2 Å². The fourth-order valence-corrected chi connectivity index (χ4v) is 1.68. The summed E-state index contributed by atoms with van der Waals surface area (Å²) in [6.07, 6.45) is 0.357. The fourth-order valence-electron chi connectivity index (χ4n) is 1.68. The molecule has 0 aliphatic carbocycles. The van der Waals surface area contributed by atoms with E-state index >= 15 is 0 Å². The molecule has 15 heavy (non-hydrogen) atoms. The molecule has 1 saturated heterocycles. The van der Waals surface area contributed by atoms with Gasteiger partial charge in [0.2, 0.25) is 0 Å². The third kappa shape index (κ3) is 2.23. The first-order valence-electron chi connectivity index (χ1n) is 5.15. The van der Waals surface area contributed by atoms with E-state index in [0.29, 0.717) is 6.42 Å². The van der Waals surface area contributed by atoms with Gasteiger partial charge in [-0.25, -0.2) is 4.39 Å². The zero-order valence-corrected chi connectivity index (χ0v) is 8.72. The van der Waals surface area contributed by atoms with Crippen molar-refractivity contribution < 1.29 is 9.18 Å². The molecule has 1 heterocycles. The van der Waals surface area contributed by atoms with Gasteiger partial charge in [-0.1, -0.05) is 6.07 Å². The van der Waals surface area contributed by atoms with Crippen LogP contribution >= 0.6 is 0 Å². The van der Waals surface area contributed by atoms with E-state index in [1.807, 2.05) is 6.92 Å². The van der Waals surface area contributed by atoms with E-state index in [2.05, 4.69) is 5.32 Å². The van der Waals surface area contributed by atoms with Gasteiger partial charge in [-0.2, -0.15) is 0 Å². The van der Waals surface area contributed by atoms with Crippen molar-refractivity contribution >= 4 is 5.78 Å². The van der Waals surface area contributed by atoms with Gasteiger partial charge in [-0.15, -0.1) is 0 Å². The van der Waals surface area contributed by atoms with Crippen molar-refractivity contribution in [2.24, 2.45) is 5.92 Å². The zero-order chi connectivity index (χ0) is 10.8. The molecular weight excluding hydrogens is 193 g/mol. The van der Waals surface area contributed by atoms with Crippen molar-refractivity contribution in [1.29, 1.82) is 0 Å². The molecule has 0 aromatic heterocycles. The second kappa shape index (κ2) is 4.11. The molecule has 0 amide bonds. The number of hydrogen-bond acceptors (Lipinski definition) is 2. The van der Waals surface area contributed by atoms with Crippen LogP contribution in [0, 0.1) is 18.7 Å². The molecule has 2 rings (SSSR count). The highest BCUT2D eigenvalue weighted by molar-refractivity contribution is 5.84. The predicted molar refractivity (Wildman–Crippen MR) is 56.2 cm³/mol. The molecular formula is C12H14FNO. The molecule has 1 aromatic carbocycles. The second-order valence-corrected chi connectivity index (χ2v) is 4.07. The Balaban J connectivity index is 2.09. The highest BCUT2D eigenvalue weighted by Gasteiger charge is 2.24. The van der Waals surface area contributed by atoms with Crippen LogP contribution in [-0.4, -0.2) is 18.9 Å². The van der Waals surface area contributed by atoms with Crippen molar-refractivity contribution in [3.05, 3.63) is 35.1 Å². The van der Waals surface area contributed by atoms with Gasteiger partial charge in [-0.3, -0.25) is 4.79 Å². The van der Waals surface area contributed by atoms with Crippen LogP contribution in [-0.2, 0) is 11.2 Å². The highest BCUT2D eigenvalue weighted by Crippen LogP contribution is 2.14. The largest absolute Gasteiger partial charge is 0.315 e. The number of nitrogens with one attached hydrogen (secondary N) is 1. The molecule has 2 nitrogen and oxygen atoms in total. The van der Waals surface area contributed by atoms with Crippen molar-refractivity contribution in [3.8, 4) is 0 Å². The van der Waals surface area contributed by atoms with Gasteiger partial charge in [0.15, 0.2) is 0 Å². The Morgan fingerprint density at radius 1 is 1.53 bits per heavy atom. The maximum atomic E-state index is 13.0. The molecule has 0 atom stereocenters. The monoisotopic (exact) mass is 207 g/mol. The molecule has 0 unspecified atom stereocenters. The Morgan fingerprint density at radius 2 is 2.27 bits per heavy atom. The van der Waals surface area contributed by atoms with Gasteiger partial charge in [-0.05, 0) is 30.2 Å². The van der Waals surface area contributed by atoms with E-state index in [1.165, 1.54) is 12.1 Å².